The molecule has 0 saturated carbocycles. The number of hydrogen-bond donors (Lipinski definition) is 2. The molecule has 2 heterocycles. The van der Waals surface area contributed by atoms with E-state index in [2.05, 4.69) is 34.6 Å². The summed E-state index contributed by atoms with van der Waals surface area (Å²) in [6.07, 6.45) is 1.01. The summed E-state index contributed by atoms with van der Waals surface area (Å²) in [7, 11) is 0. The Hall–Kier alpha value is -3.35. The monoisotopic (exact) mass is 434 g/mol. The molecule has 7 heteroatoms. The van der Waals surface area contributed by atoms with Gasteiger partial charge in [-0.3, -0.25) is 14.4 Å². The number of rotatable bonds is 7. The largest absolute Gasteiger partial charge is 0.370 e. The van der Waals surface area contributed by atoms with Gasteiger partial charge in [-0.05, 0) is 44.0 Å². The second kappa shape index (κ2) is 9.42. The van der Waals surface area contributed by atoms with E-state index in [-0.39, 0.29) is 17.7 Å². The van der Waals surface area contributed by atoms with Crippen molar-refractivity contribution in [2.24, 2.45) is 5.41 Å². The van der Waals surface area contributed by atoms with E-state index in [1.54, 1.807) is 17.0 Å². The van der Waals surface area contributed by atoms with E-state index in [4.69, 9.17) is 0 Å². The maximum Gasteiger partial charge on any atom is 0.253 e. The molecule has 0 aromatic heterocycles. The zero-order chi connectivity index (χ0) is 22.6. The van der Waals surface area contributed by atoms with Gasteiger partial charge in [0.2, 0.25) is 11.8 Å². The number of likely N-dealkylation sites (tertiary alicyclic amines) is 1. The van der Waals surface area contributed by atoms with Crippen LogP contribution in [-0.2, 0) is 9.59 Å². The van der Waals surface area contributed by atoms with E-state index >= 15 is 0 Å². The Balaban J connectivity index is 1.30. The highest BCUT2D eigenvalue weighted by Crippen LogP contribution is 2.40. The molecule has 0 bridgehead atoms. The Bertz CT molecular complexity index is 966. The molecule has 2 N–H and O–H groups in total. The molecule has 0 unspecified atom stereocenters. The molecule has 168 valence electrons. The second-order valence-electron chi connectivity index (χ2n) is 8.56. The first-order valence-electron chi connectivity index (χ1n) is 11.3. The van der Waals surface area contributed by atoms with Crippen molar-refractivity contribution < 1.29 is 14.4 Å². The average molecular weight is 435 g/mol. The summed E-state index contributed by atoms with van der Waals surface area (Å²) in [5, 5.41) is 5.84. The van der Waals surface area contributed by atoms with Crippen LogP contribution in [0.3, 0.4) is 0 Å². The first-order valence-corrected chi connectivity index (χ1v) is 11.3. The topological polar surface area (TPSA) is 81.8 Å². The van der Waals surface area contributed by atoms with Gasteiger partial charge < -0.3 is 20.4 Å². The van der Waals surface area contributed by atoms with Crippen molar-refractivity contribution in [3.8, 4) is 0 Å². The van der Waals surface area contributed by atoms with E-state index < -0.39 is 11.5 Å². The Kier molecular flexibility index (Phi) is 6.44. The molecule has 2 aromatic carbocycles. The Morgan fingerprint density at radius 1 is 1.12 bits per heavy atom. The minimum atomic E-state index is -0.675. The maximum atomic E-state index is 12.8. The lowest BCUT2D eigenvalue weighted by molar-refractivity contribution is -0.128. The molecule has 2 aromatic rings. The molecule has 2 aliphatic rings. The zero-order valence-corrected chi connectivity index (χ0v) is 18.4. The first-order chi connectivity index (χ1) is 15.5. The molecule has 4 rings (SSSR count). The zero-order valence-electron chi connectivity index (χ0n) is 18.4. The van der Waals surface area contributed by atoms with Crippen LogP contribution >= 0.6 is 0 Å². The number of carbonyl (C=O) groups is 3. The third-order valence-corrected chi connectivity index (χ3v) is 6.54. The summed E-state index contributed by atoms with van der Waals surface area (Å²) < 4.78 is 0. The highest BCUT2D eigenvalue weighted by atomic mass is 16.2. The summed E-state index contributed by atoms with van der Waals surface area (Å²) in [5.41, 5.74) is 1.06. The SMILES string of the molecule is CCN(CCNC(=O)[C@@H]1C[C@@]2(CCN(C(=O)c3ccccc3)C2)C(=O)N1)c1ccccc1. The van der Waals surface area contributed by atoms with E-state index in [1.807, 2.05) is 36.4 Å². The number of nitrogens with one attached hydrogen (secondary N) is 2. The normalized spacial score (nSPS) is 22.1. The Labute approximate surface area is 188 Å². The van der Waals surface area contributed by atoms with Crippen LogP contribution in [0.1, 0.15) is 30.1 Å². The van der Waals surface area contributed by atoms with Crippen LogP contribution in [0.25, 0.3) is 0 Å². The van der Waals surface area contributed by atoms with Gasteiger partial charge in [0, 0.05) is 44.0 Å². The number of likely N-dealkylation sites (N-methyl/N-ethyl adjacent to an activating group) is 1. The quantitative estimate of drug-likeness (QED) is 0.699. The van der Waals surface area contributed by atoms with Gasteiger partial charge >= 0.3 is 0 Å². The standard InChI is InChI=1S/C25H30N4O3/c1-2-28(20-11-7-4-8-12-20)16-14-26-22(30)21-17-25(24(32)27-21)13-15-29(18-25)23(31)19-9-5-3-6-10-19/h3-12,21H,2,13-18H2,1H3,(H,26,30)(H,27,32)/t21-,25+/m0/s1. The molecule has 3 amide bonds. The van der Waals surface area contributed by atoms with Crippen molar-refractivity contribution in [2.45, 2.75) is 25.8 Å². The van der Waals surface area contributed by atoms with Gasteiger partial charge in [0.1, 0.15) is 6.04 Å². The van der Waals surface area contributed by atoms with E-state index in [9.17, 15) is 14.4 Å². The third-order valence-electron chi connectivity index (χ3n) is 6.54. The number of para-hydroxylation sites is 1. The smallest absolute Gasteiger partial charge is 0.253 e. The molecule has 2 fully saturated rings. The molecule has 2 saturated heterocycles. The van der Waals surface area contributed by atoms with E-state index in [1.165, 1.54) is 0 Å². The molecule has 32 heavy (non-hydrogen) atoms. The first kappa shape index (κ1) is 21.9. The third kappa shape index (κ3) is 4.47. The fourth-order valence-electron chi connectivity index (χ4n) is 4.71. The lowest BCUT2D eigenvalue weighted by Crippen LogP contribution is -2.44. The van der Waals surface area contributed by atoms with Crippen molar-refractivity contribution in [3.63, 3.8) is 0 Å². The molecular weight excluding hydrogens is 404 g/mol. The number of amides is 3. The lowest BCUT2D eigenvalue weighted by Gasteiger charge is -2.23. The van der Waals surface area contributed by atoms with E-state index in [0.717, 1.165) is 12.2 Å². The van der Waals surface area contributed by atoms with Gasteiger partial charge in [0.25, 0.3) is 5.91 Å². The number of carbonyl (C=O) groups excluding carboxylic acids is 3. The van der Waals surface area contributed by atoms with Crippen LogP contribution in [0.15, 0.2) is 60.7 Å². The minimum absolute atomic E-state index is 0.0660. The number of benzene rings is 2. The van der Waals surface area contributed by atoms with Crippen molar-refractivity contribution in [3.05, 3.63) is 66.2 Å². The molecule has 0 aliphatic carbocycles. The second-order valence-corrected chi connectivity index (χ2v) is 8.56. The van der Waals surface area contributed by atoms with Gasteiger partial charge in [0.05, 0.1) is 5.41 Å². The summed E-state index contributed by atoms with van der Waals surface area (Å²) in [4.78, 5) is 42.2. The number of hydrogen-bond acceptors (Lipinski definition) is 4. The number of anilines is 1. The van der Waals surface area contributed by atoms with Crippen LogP contribution in [0.5, 0.6) is 0 Å². The average Bonchev–Trinajstić information content (AvgIpc) is 3.41. The molecule has 1 spiro atoms. The molecule has 2 aliphatic heterocycles. The highest BCUT2D eigenvalue weighted by Gasteiger charge is 2.53. The van der Waals surface area contributed by atoms with Gasteiger partial charge in [-0.25, -0.2) is 0 Å². The van der Waals surface area contributed by atoms with Crippen molar-refractivity contribution in [2.75, 3.05) is 37.6 Å². The van der Waals surface area contributed by atoms with Crippen LogP contribution in [0.2, 0.25) is 0 Å². The summed E-state index contributed by atoms with van der Waals surface area (Å²) >= 11 is 0. The Morgan fingerprint density at radius 3 is 2.50 bits per heavy atom. The van der Waals surface area contributed by atoms with Crippen molar-refractivity contribution in [1.29, 1.82) is 0 Å². The predicted molar refractivity (Wildman–Crippen MR) is 123 cm³/mol. The lowest BCUT2D eigenvalue weighted by atomic mass is 9.84. The summed E-state index contributed by atoms with van der Waals surface area (Å²) in [6.45, 7) is 5.00. The van der Waals surface area contributed by atoms with Gasteiger partial charge in [-0.1, -0.05) is 36.4 Å². The van der Waals surface area contributed by atoms with Gasteiger partial charge in [0.15, 0.2) is 0 Å². The van der Waals surface area contributed by atoms with Crippen molar-refractivity contribution in [1.82, 2.24) is 15.5 Å². The molecule has 2 atom stereocenters. The van der Waals surface area contributed by atoms with Crippen LogP contribution in [0.4, 0.5) is 5.69 Å². The fourth-order valence-corrected chi connectivity index (χ4v) is 4.71. The van der Waals surface area contributed by atoms with Gasteiger partial charge in [-0.2, -0.15) is 0 Å². The van der Waals surface area contributed by atoms with Crippen LogP contribution in [-0.4, -0.2) is 61.4 Å². The highest BCUT2D eigenvalue weighted by molar-refractivity contribution is 5.97. The summed E-state index contributed by atoms with van der Waals surface area (Å²) in [6, 6.07) is 18.6. The molecule has 7 nitrogen and oxygen atoms in total. The van der Waals surface area contributed by atoms with E-state index in [0.29, 0.717) is 44.6 Å². The Morgan fingerprint density at radius 2 is 1.81 bits per heavy atom. The number of nitrogens with zero attached hydrogens (tertiary/aromatic N) is 2. The minimum Gasteiger partial charge on any atom is -0.370 e. The van der Waals surface area contributed by atoms with Gasteiger partial charge in [-0.15, -0.1) is 0 Å². The predicted octanol–water partition coefficient (Wildman–Crippen LogP) is 2.05. The van der Waals surface area contributed by atoms with Crippen LogP contribution in [0, 0.1) is 5.41 Å². The fraction of sp³-hybridized carbons (Fsp3) is 0.400. The molecule has 0 radical (unpaired) electrons. The van der Waals surface area contributed by atoms with Crippen molar-refractivity contribution >= 4 is 23.4 Å². The van der Waals surface area contributed by atoms with Crippen LogP contribution < -0.4 is 15.5 Å². The maximum absolute atomic E-state index is 12.8. The summed E-state index contributed by atoms with van der Waals surface area (Å²) in [5.74, 6) is -0.351. The molecular formula is C25H30N4O3.